The van der Waals surface area contributed by atoms with E-state index in [-0.39, 0.29) is 12.2 Å². The van der Waals surface area contributed by atoms with Gasteiger partial charge in [-0.05, 0) is 13.3 Å². The van der Waals surface area contributed by atoms with E-state index in [0.717, 1.165) is 0 Å². The van der Waals surface area contributed by atoms with Gasteiger partial charge in [-0.25, -0.2) is 4.79 Å². The second-order valence-corrected chi connectivity index (χ2v) is 2.53. The highest BCUT2D eigenvalue weighted by Gasteiger charge is 2.07. The van der Waals surface area contributed by atoms with Crippen LogP contribution in [0.25, 0.3) is 0 Å². The van der Waals surface area contributed by atoms with Gasteiger partial charge in [0.05, 0.1) is 13.2 Å². The van der Waals surface area contributed by atoms with Crippen LogP contribution in [-0.4, -0.2) is 42.9 Å². The lowest BCUT2D eigenvalue weighted by Gasteiger charge is -2.15. The summed E-state index contributed by atoms with van der Waals surface area (Å²) in [7, 11) is 2.97. The van der Waals surface area contributed by atoms with Crippen molar-refractivity contribution >= 4 is 6.09 Å². The Kier molecular flexibility index (Phi) is 4.61. The number of amides is 1. The van der Waals surface area contributed by atoms with Gasteiger partial charge in [-0.15, -0.1) is 0 Å². The largest absolute Gasteiger partial charge is 0.453 e. The molecule has 0 saturated carbocycles. The minimum absolute atomic E-state index is 0.370. The highest BCUT2D eigenvalue weighted by molar-refractivity contribution is 5.66. The van der Waals surface area contributed by atoms with Crippen LogP contribution in [0.2, 0.25) is 0 Å². The molecule has 1 amide bonds. The standard InChI is InChI=1S/C7H15NO3/c1-6(9)4-5-8(2)7(10)11-3/h6,9H,4-5H2,1-3H3. The fourth-order valence-electron chi connectivity index (χ4n) is 0.628. The van der Waals surface area contributed by atoms with E-state index < -0.39 is 0 Å². The van der Waals surface area contributed by atoms with Crippen molar-refractivity contribution in [3.63, 3.8) is 0 Å². The van der Waals surface area contributed by atoms with Gasteiger partial charge in [0.2, 0.25) is 0 Å². The van der Waals surface area contributed by atoms with Crippen LogP contribution in [-0.2, 0) is 4.74 Å². The summed E-state index contributed by atoms with van der Waals surface area (Å²) in [5, 5.41) is 8.88. The summed E-state index contributed by atoms with van der Waals surface area (Å²) in [6.45, 7) is 2.20. The molecule has 1 unspecified atom stereocenters. The molecule has 0 aliphatic rings. The fraction of sp³-hybridized carbons (Fsp3) is 0.857. The van der Waals surface area contributed by atoms with Gasteiger partial charge < -0.3 is 14.7 Å². The smallest absolute Gasteiger partial charge is 0.409 e. The predicted octanol–water partition coefficient (Wildman–Crippen LogP) is 0.456. The van der Waals surface area contributed by atoms with Crippen molar-refractivity contribution in [3.05, 3.63) is 0 Å². The van der Waals surface area contributed by atoms with Crippen LogP contribution < -0.4 is 0 Å². The number of carbonyl (C=O) groups excluding carboxylic acids is 1. The van der Waals surface area contributed by atoms with E-state index in [1.165, 1.54) is 12.0 Å². The SMILES string of the molecule is COC(=O)N(C)CCC(C)O. The zero-order valence-electron chi connectivity index (χ0n) is 7.20. The molecule has 66 valence electrons. The molecule has 0 aliphatic heterocycles. The number of aliphatic hydroxyl groups excluding tert-OH is 1. The van der Waals surface area contributed by atoms with Gasteiger partial charge in [0.15, 0.2) is 0 Å². The summed E-state index contributed by atoms with van der Waals surface area (Å²) in [6.07, 6.45) is -0.168. The summed E-state index contributed by atoms with van der Waals surface area (Å²) >= 11 is 0. The summed E-state index contributed by atoms with van der Waals surface area (Å²) in [5.41, 5.74) is 0. The molecule has 0 rings (SSSR count). The molecule has 0 aromatic carbocycles. The van der Waals surface area contributed by atoms with Crippen LogP contribution in [0.15, 0.2) is 0 Å². The third-order valence-electron chi connectivity index (χ3n) is 1.37. The molecule has 0 radical (unpaired) electrons. The topological polar surface area (TPSA) is 49.8 Å². The molecule has 0 saturated heterocycles. The lowest BCUT2D eigenvalue weighted by atomic mass is 10.3. The number of ether oxygens (including phenoxy) is 1. The van der Waals surface area contributed by atoms with Crippen LogP contribution in [0, 0.1) is 0 Å². The Morgan fingerprint density at radius 1 is 1.73 bits per heavy atom. The van der Waals surface area contributed by atoms with Crippen molar-refractivity contribution in [2.24, 2.45) is 0 Å². The van der Waals surface area contributed by atoms with E-state index in [4.69, 9.17) is 5.11 Å². The average molecular weight is 161 g/mol. The molecule has 0 bridgehead atoms. The zero-order chi connectivity index (χ0) is 8.85. The molecule has 0 spiro atoms. The van der Waals surface area contributed by atoms with Crippen LogP contribution in [0.1, 0.15) is 13.3 Å². The first-order chi connectivity index (χ1) is 5.07. The average Bonchev–Trinajstić information content (AvgIpc) is 1.98. The minimum atomic E-state index is -0.373. The first kappa shape index (κ1) is 10.2. The number of aliphatic hydroxyl groups is 1. The van der Waals surface area contributed by atoms with E-state index >= 15 is 0 Å². The number of hydrogen-bond donors (Lipinski definition) is 1. The Bertz CT molecular complexity index is 125. The van der Waals surface area contributed by atoms with Gasteiger partial charge >= 0.3 is 6.09 Å². The van der Waals surface area contributed by atoms with Crippen LogP contribution in [0.3, 0.4) is 0 Å². The Morgan fingerprint density at radius 2 is 2.27 bits per heavy atom. The van der Waals surface area contributed by atoms with Crippen molar-refractivity contribution < 1.29 is 14.6 Å². The van der Waals surface area contributed by atoms with Crippen molar-refractivity contribution in [1.29, 1.82) is 0 Å². The summed E-state index contributed by atoms with van der Waals surface area (Å²) in [6, 6.07) is 0. The molecule has 1 N–H and O–H groups in total. The van der Waals surface area contributed by atoms with Gasteiger partial charge in [-0.2, -0.15) is 0 Å². The fourth-order valence-corrected chi connectivity index (χ4v) is 0.628. The van der Waals surface area contributed by atoms with E-state index in [2.05, 4.69) is 4.74 Å². The van der Waals surface area contributed by atoms with E-state index in [9.17, 15) is 4.79 Å². The summed E-state index contributed by atoms with van der Waals surface area (Å²) in [4.78, 5) is 12.2. The highest BCUT2D eigenvalue weighted by atomic mass is 16.5. The number of hydrogen-bond acceptors (Lipinski definition) is 3. The maximum Gasteiger partial charge on any atom is 0.409 e. The molecule has 1 atom stereocenters. The molecule has 0 fully saturated rings. The number of carbonyl (C=O) groups is 1. The van der Waals surface area contributed by atoms with E-state index in [1.807, 2.05) is 0 Å². The number of nitrogens with zero attached hydrogens (tertiary/aromatic N) is 1. The zero-order valence-corrected chi connectivity index (χ0v) is 7.20. The molecule has 0 heterocycles. The van der Waals surface area contributed by atoms with Gasteiger partial charge in [0.25, 0.3) is 0 Å². The molecule has 0 aromatic heterocycles. The number of rotatable bonds is 3. The van der Waals surface area contributed by atoms with Crippen LogP contribution in [0.5, 0.6) is 0 Å². The first-order valence-electron chi connectivity index (χ1n) is 3.55. The lowest BCUT2D eigenvalue weighted by molar-refractivity contribution is 0.121. The van der Waals surface area contributed by atoms with Gasteiger partial charge in [-0.3, -0.25) is 0 Å². The van der Waals surface area contributed by atoms with E-state index in [1.54, 1.807) is 14.0 Å². The van der Waals surface area contributed by atoms with Crippen molar-refractivity contribution in [3.8, 4) is 0 Å². The molecule has 4 heteroatoms. The highest BCUT2D eigenvalue weighted by Crippen LogP contribution is 1.94. The predicted molar refractivity (Wildman–Crippen MR) is 41.3 cm³/mol. The quantitative estimate of drug-likeness (QED) is 0.654. The van der Waals surface area contributed by atoms with Gasteiger partial charge in [-0.1, -0.05) is 0 Å². The molecule has 11 heavy (non-hydrogen) atoms. The third kappa shape index (κ3) is 4.61. The minimum Gasteiger partial charge on any atom is -0.453 e. The Balaban J connectivity index is 3.52. The first-order valence-corrected chi connectivity index (χ1v) is 3.55. The molecule has 0 aromatic rings. The Hall–Kier alpha value is -0.770. The Labute approximate surface area is 66.8 Å². The van der Waals surface area contributed by atoms with Crippen LogP contribution >= 0.6 is 0 Å². The lowest BCUT2D eigenvalue weighted by Crippen LogP contribution is -2.29. The molecular formula is C7H15NO3. The summed E-state index contributed by atoms with van der Waals surface area (Å²) < 4.78 is 4.45. The second-order valence-electron chi connectivity index (χ2n) is 2.53. The maximum absolute atomic E-state index is 10.7. The number of methoxy groups -OCH3 is 1. The molecular weight excluding hydrogens is 146 g/mol. The van der Waals surface area contributed by atoms with Crippen molar-refractivity contribution in [1.82, 2.24) is 4.90 Å². The molecule has 0 aliphatic carbocycles. The van der Waals surface area contributed by atoms with Crippen LogP contribution in [0.4, 0.5) is 4.79 Å². The van der Waals surface area contributed by atoms with Gasteiger partial charge in [0.1, 0.15) is 0 Å². The second kappa shape index (κ2) is 4.96. The molecule has 4 nitrogen and oxygen atoms in total. The normalized spacial score (nSPS) is 12.4. The monoisotopic (exact) mass is 161 g/mol. The van der Waals surface area contributed by atoms with Crippen molar-refractivity contribution in [2.75, 3.05) is 20.7 Å². The van der Waals surface area contributed by atoms with E-state index in [0.29, 0.717) is 13.0 Å². The Morgan fingerprint density at radius 3 is 2.64 bits per heavy atom. The van der Waals surface area contributed by atoms with Crippen molar-refractivity contribution in [2.45, 2.75) is 19.4 Å². The maximum atomic E-state index is 10.7. The third-order valence-corrected chi connectivity index (χ3v) is 1.37. The van der Waals surface area contributed by atoms with Gasteiger partial charge in [0, 0.05) is 13.6 Å². The summed E-state index contributed by atoms with van der Waals surface area (Å²) in [5.74, 6) is 0.